The quantitative estimate of drug-likeness (QED) is 0.432. The molecule has 0 aliphatic heterocycles. The first-order valence-electron chi connectivity index (χ1n) is 7.27. The van der Waals surface area contributed by atoms with Crippen molar-refractivity contribution in [2.24, 2.45) is 0 Å². The van der Waals surface area contributed by atoms with E-state index in [0.717, 1.165) is 21.8 Å². The second kappa shape index (κ2) is 4.10. The molecule has 110 valence electrons. The molecule has 5 aromatic rings. The molecule has 3 heterocycles. The molecule has 5 nitrogen and oxygen atoms in total. The molecule has 0 bridgehead atoms. The molecule has 2 N–H and O–H groups in total. The summed E-state index contributed by atoms with van der Waals surface area (Å²) in [6.45, 7) is 0. The number of nitrogens with one attached hydrogen (secondary N) is 1. The minimum atomic E-state index is -0.148. The second-order valence-electron chi connectivity index (χ2n) is 5.59. The van der Waals surface area contributed by atoms with E-state index < -0.39 is 0 Å². The van der Waals surface area contributed by atoms with Gasteiger partial charge in [-0.3, -0.25) is 9.20 Å². The van der Waals surface area contributed by atoms with E-state index in [1.807, 2.05) is 30.3 Å². The largest absolute Gasteiger partial charge is 0.508 e. The molecule has 0 aliphatic carbocycles. The van der Waals surface area contributed by atoms with Crippen LogP contribution in [0.1, 0.15) is 0 Å². The maximum atomic E-state index is 12.7. The van der Waals surface area contributed by atoms with Gasteiger partial charge in [-0.15, -0.1) is 0 Å². The summed E-state index contributed by atoms with van der Waals surface area (Å²) in [6.07, 6.45) is 1.75. The molecule has 0 radical (unpaired) electrons. The number of para-hydroxylation sites is 1. The summed E-state index contributed by atoms with van der Waals surface area (Å²) in [5.41, 5.74) is 2.71. The summed E-state index contributed by atoms with van der Waals surface area (Å²) in [6, 6.07) is 14.5. The van der Waals surface area contributed by atoms with Crippen LogP contribution in [0.25, 0.3) is 38.4 Å². The van der Waals surface area contributed by atoms with Gasteiger partial charge in [0.05, 0.1) is 16.4 Å². The van der Waals surface area contributed by atoms with E-state index in [0.29, 0.717) is 16.6 Å². The van der Waals surface area contributed by atoms with Crippen molar-refractivity contribution in [1.82, 2.24) is 14.4 Å². The van der Waals surface area contributed by atoms with E-state index in [9.17, 15) is 9.90 Å². The van der Waals surface area contributed by atoms with Gasteiger partial charge >= 0.3 is 0 Å². The van der Waals surface area contributed by atoms with E-state index in [1.165, 1.54) is 16.5 Å². The van der Waals surface area contributed by atoms with Crippen molar-refractivity contribution in [2.45, 2.75) is 0 Å². The van der Waals surface area contributed by atoms with Crippen LogP contribution in [0.4, 0.5) is 0 Å². The van der Waals surface area contributed by atoms with E-state index >= 15 is 0 Å². The molecule has 3 aromatic heterocycles. The van der Waals surface area contributed by atoms with E-state index in [1.54, 1.807) is 12.3 Å². The number of aromatic amines is 1. The van der Waals surface area contributed by atoms with E-state index in [4.69, 9.17) is 0 Å². The first-order valence-corrected chi connectivity index (χ1v) is 7.27. The average molecular weight is 301 g/mol. The number of fused-ring (bicyclic) bond motifs is 6. The van der Waals surface area contributed by atoms with Crippen molar-refractivity contribution >= 4 is 38.4 Å². The minimum Gasteiger partial charge on any atom is -0.508 e. The van der Waals surface area contributed by atoms with Crippen LogP contribution in [0, 0.1) is 0 Å². The first-order chi connectivity index (χ1) is 11.2. The number of pyridine rings is 1. The van der Waals surface area contributed by atoms with Crippen LogP contribution in [0.2, 0.25) is 0 Å². The normalized spacial score (nSPS) is 11.8. The van der Waals surface area contributed by atoms with Gasteiger partial charge in [0.1, 0.15) is 5.75 Å². The Morgan fingerprint density at radius 2 is 1.87 bits per heavy atom. The summed E-state index contributed by atoms with van der Waals surface area (Å²) in [5, 5.41) is 12.3. The van der Waals surface area contributed by atoms with E-state index in [2.05, 4.69) is 9.97 Å². The molecule has 2 aromatic carbocycles. The Balaban J connectivity index is 2.08. The number of benzene rings is 2. The maximum absolute atomic E-state index is 12.7. The van der Waals surface area contributed by atoms with Crippen LogP contribution in [0.5, 0.6) is 5.75 Å². The first kappa shape index (κ1) is 12.2. The van der Waals surface area contributed by atoms with Crippen molar-refractivity contribution in [1.29, 1.82) is 0 Å². The van der Waals surface area contributed by atoms with E-state index in [-0.39, 0.29) is 11.3 Å². The molecule has 0 atom stereocenters. The second-order valence-corrected chi connectivity index (χ2v) is 5.59. The fraction of sp³-hybridized carbons (Fsp3) is 0. The van der Waals surface area contributed by atoms with Gasteiger partial charge in [0.25, 0.3) is 5.56 Å². The molecule has 23 heavy (non-hydrogen) atoms. The standard InChI is InChI=1S/C18H11N3O2/c22-10-5-6-13-15(9-10)20-17-16-12(7-8-21(17)18(13)23)11-3-1-2-4-14(11)19-16/h1-9,19,22H. The number of hydrogen-bond donors (Lipinski definition) is 2. The lowest BCUT2D eigenvalue weighted by atomic mass is 10.2. The fourth-order valence-electron chi connectivity index (χ4n) is 3.16. The Hall–Kier alpha value is -3.34. The van der Waals surface area contributed by atoms with Gasteiger partial charge in [-0.1, -0.05) is 18.2 Å². The molecule has 0 aliphatic rings. The zero-order valence-corrected chi connectivity index (χ0v) is 11.9. The van der Waals surface area contributed by atoms with Gasteiger partial charge in [0.2, 0.25) is 0 Å². The molecule has 5 heteroatoms. The summed E-state index contributed by atoms with van der Waals surface area (Å²) >= 11 is 0. The Labute approximate surface area is 129 Å². The van der Waals surface area contributed by atoms with Crippen LogP contribution in [-0.2, 0) is 0 Å². The zero-order valence-electron chi connectivity index (χ0n) is 11.9. The van der Waals surface area contributed by atoms with Gasteiger partial charge < -0.3 is 10.1 Å². The molecular weight excluding hydrogens is 290 g/mol. The number of H-pyrrole nitrogens is 1. The number of rotatable bonds is 0. The van der Waals surface area contributed by atoms with Gasteiger partial charge in [-0.25, -0.2) is 4.98 Å². The summed E-state index contributed by atoms with van der Waals surface area (Å²) in [4.78, 5) is 20.6. The van der Waals surface area contributed by atoms with Crippen LogP contribution in [-0.4, -0.2) is 19.5 Å². The molecule has 0 fully saturated rings. The van der Waals surface area contributed by atoms with Gasteiger partial charge in [0.15, 0.2) is 5.65 Å². The van der Waals surface area contributed by atoms with Gasteiger partial charge in [-0.2, -0.15) is 0 Å². The number of phenolic OH excluding ortho intramolecular Hbond substituents is 1. The molecule has 0 saturated carbocycles. The topological polar surface area (TPSA) is 70.4 Å². The summed E-state index contributed by atoms with van der Waals surface area (Å²) < 4.78 is 1.54. The molecule has 0 saturated heterocycles. The highest BCUT2D eigenvalue weighted by molar-refractivity contribution is 6.11. The van der Waals surface area contributed by atoms with Crippen molar-refractivity contribution in [3.63, 3.8) is 0 Å². The van der Waals surface area contributed by atoms with Crippen molar-refractivity contribution in [2.75, 3.05) is 0 Å². The summed E-state index contributed by atoms with van der Waals surface area (Å²) in [7, 11) is 0. The van der Waals surface area contributed by atoms with Crippen molar-refractivity contribution < 1.29 is 5.11 Å². The third-order valence-corrected chi connectivity index (χ3v) is 4.25. The molecule has 0 amide bonds. The SMILES string of the molecule is O=c1c2ccc(O)cc2nc2c3[nH]c4ccccc4c3ccn12. The van der Waals surface area contributed by atoms with Crippen molar-refractivity contribution in [3.8, 4) is 5.75 Å². The Morgan fingerprint density at radius 1 is 1.00 bits per heavy atom. The third-order valence-electron chi connectivity index (χ3n) is 4.25. The van der Waals surface area contributed by atoms with Gasteiger partial charge in [0, 0.05) is 28.6 Å². The lowest BCUT2D eigenvalue weighted by Gasteiger charge is -2.04. The number of aromatic nitrogens is 3. The third kappa shape index (κ3) is 1.56. The van der Waals surface area contributed by atoms with Crippen LogP contribution in [0.3, 0.4) is 0 Å². The minimum absolute atomic E-state index is 0.0950. The number of phenols is 1. The highest BCUT2D eigenvalue weighted by atomic mass is 16.3. The Morgan fingerprint density at radius 3 is 2.78 bits per heavy atom. The predicted molar refractivity (Wildman–Crippen MR) is 90.0 cm³/mol. The lowest BCUT2D eigenvalue weighted by molar-refractivity contribution is 0.476. The Kier molecular flexibility index (Phi) is 2.18. The van der Waals surface area contributed by atoms with Crippen LogP contribution >= 0.6 is 0 Å². The monoisotopic (exact) mass is 301 g/mol. The molecule has 5 rings (SSSR count). The molecular formula is C18H11N3O2. The van der Waals surface area contributed by atoms with Crippen LogP contribution in [0.15, 0.2) is 59.5 Å². The maximum Gasteiger partial charge on any atom is 0.265 e. The predicted octanol–water partition coefficient (Wildman–Crippen LogP) is 3.19. The van der Waals surface area contributed by atoms with Crippen LogP contribution < -0.4 is 5.56 Å². The fourth-order valence-corrected chi connectivity index (χ4v) is 3.16. The zero-order chi connectivity index (χ0) is 15.6. The number of nitrogens with zero attached hydrogens (tertiary/aromatic N) is 2. The van der Waals surface area contributed by atoms with Crippen molar-refractivity contribution in [3.05, 3.63) is 65.1 Å². The molecule has 0 spiro atoms. The van der Waals surface area contributed by atoms with Gasteiger partial charge in [-0.05, 0) is 24.3 Å². The number of hydrogen-bond acceptors (Lipinski definition) is 3. The highest BCUT2D eigenvalue weighted by Crippen LogP contribution is 2.27. The lowest BCUT2D eigenvalue weighted by Crippen LogP contribution is -2.15. The Bertz CT molecular complexity index is 1300. The highest BCUT2D eigenvalue weighted by Gasteiger charge is 2.12. The summed E-state index contributed by atoms with van der Waals surface area (Å²) in [5.74, 6) is 0.0950. The smallest absolute Gasteiger partial charge is 0.265 e. The number of aromatic hydroxyl groups is 1. The molecule has 0 unspecified atom stereocenters. The average Bonchev–Trinajstić information content (AvgIpc) is 2.94.